The average Bonchev–Trinajstić information content (AvgIpc) is 2.86. The Bertz CT molecular complexity index is 949. The van der Waals surface area contributed by atoms with Crippen molar-refractivity contribution in [3.8, 4) is 0 Å². The first-order valence-corrected chi connectivity index (χ1v) is 8.59. The largest absolute Gasteiger partial charge is 0.481 e. The molecule has 7 heteroatoms. The van der Waals surface area contributed by atoms with E-state index in [4.69, 9.17) is 16.7 Å². The molecule has 0 aromatic heterocycles. The van der Waals surface area contributed by atoms with Crippen molar-refractivity contribution >= 4 is 40.6 Å². The van der Waals surface area contributed by atoms with Gasteiger partial charge in [-0.1, -0.05) is 35.9 Å². The number of hydrogen-bond donors (Lipinski definition) is 2. The molecule has 1 heterocycles. The van der Waals surface area contributed by atoms with Gasteiger partial charge in [-0.05, 0) is 41.8 Å². The van der Waals surface area contributed by atoms with Gasteiger partial charge in [-0.15, -0.1) is 0 Å². The summed E-state index contributed by atoms with van der Waals surface area (Å²) in [5.74, 6) is -2.45. The van der Waals surface area contributed by atoms with Crippen LogP contribution in [0.25, 0.3) is 5.57 Å². The van der Waals surface area contributed by atoms with Crippen LogP contribution in [0.2, 0.25) is 5.02 Å². The number of carboxylic acids is 1. The minimum absolute atomic E-state index is 0.00977. The maximum atomic E-state index is 13.0. The highest BCUT2D eigenvalue weighted by molar-refractivity contribution is 6.46. The molecule has 0 atom stereocenters. The van der Waals surface area contributed by atoms with Crippen LogP contribution >= 0.6 is 11.6 Å². The fourth-order valence-electron chi connectivity index (χ4n) is 3.01. The number of benzene rings is 2. The molecule has 138 valence electrons. The zero-order chi connectivity index (χ0) is 19.6. The fourth-order valence-corrected chi connectivity index (χ4v) is 3.20. The van der Waals surface area contributed by atoms with E-state index in [1.54, 1.807) is 42.5 Å². The monoisotopic (exact) mass is 385 g/mol. The number of imide groups is 1. The van der Waals surface area contributed by atoms with Crippen molar-refractivity contribution in [2.75, 3.05) is 11.5 Å². The Balaban J connectivity index is 2.04. The van der Waals surface area contributed by atoms with Gasteiger partial charge in [0.2, 0.25) is 0 Å². The lowest BCUT2D eigenvalue weighted by molar-refractivity contribution is -0.137. The van der Waals surface area contributed by atoms with Crippen molar-refractivity contribution in [2.24, 2.45) is 0 Å². The van der Waals surface area contributed by atoms with E-state index >= 15 is 0 Å². The zero-order valence-electron chi connectivity index (χ0n) is 14.2. The van der Waals surface area contributed by atoms with Crippen LogP contribution in [0.1, 0.15) is 17.5 Å². The molecule has 0 saturated carbocycles. The summed E-state index contributed by atoms with van der Waals surface area (Å²) in [6.45, 7) is -0.00977. The number of rotatable bonds is 6. The van der Waals surface area contributed by atoms with Gasteiger partial charge in [0.25, 0.3) is 11.8 Å². The summed E-state index contributed by atoms with van der Waals surface area (Å²) in [4.78, 5) is 38.1. The molecule has 6 nitrogen and oxygen atoms in total. The summed E-state index contributed by atoms with van der Waals surface area (Å²) in [7, 11) is 0. The lowest BCUT2D eigenvalue weighted by atomic mass is 10.00. The highest BCUT2D eigenvalue weighted by atomic mass is 35.5. The third kappa shape index (κ3) is 3.77. The van der Waals surface area contributed by atoms with E-state index in [0.717, 1.165) is 10.5 Å². The molecule has 2 aromatic carbocycles. The molecule has 0 unspecified atom stereocenters. The summed E-state index contributed by atoms with van der Waals surface area (Å²) in [5.41, 5.74) is 1.57. The molecule has 3 rings (SSSR count). The number of hydrogen-bond acceptors (Lipinski definition) is 4. The normalized spacial score (nSPS) is 14.2. The van der Waals surface area contributed by atoms with E-state index in [2.05, 4.69) is 0 Å². The minimum atomic E-state index is -1.20. The predicted molar refractivity (Wildman–Crippen MR) is 100 cm³/mol. The molecular formula is C20H16ClNO5. The molecule has 0 radical (unpaired) electrons. The van der Waals surface area contributed by atoms with Gasteiger partial charge in [0.05, 0.1) is 17.7 Å². The molecule has 0 fully saturated rings. The number of nitrogens with zero attached hydrogens (tertiary/aromatic N) is 1. The predicted octanol–water partition coefficient (Wildman–Crippen LogP) is 2.68. The third-order valence-electron chi connectivity index (χ3n) is 4.22. The van der Waals surface area contributed by atoms with E-state index in [-0.39, 0.29) is 17.8 Å². The van der Waals surface area contributed by atoms with Crippen LogP contribution in [0.15, 0.2) is 54.1 Å². The Morgan fingerprint density at radius 1 is 1.04 bits per heavy atom. The SMILES string of the molecule is O=C(O)CC1=C(c2cccc(Cl)c2)C(=O)N(c2ccc(CCO)cc2)C1=O. The van der Waals surface area contributed by atoms with E-state index in [1.807, 2.05) is 0 Å². The van der Waals surface area contributed by atoms with E-state index in [1.165, 1.54) is 6.07 Å². The smallest absolute Gasteiger partial charge is 0.308 e. The molecule has 0 saturated heterocycles. The Morgan fingerprint density at radius 2 is 1.74 bits per heavy atom. The Kier molecular flexibility index (Phi) is 5.39. The summed E-state index contributed by atoms with van der Waals surface area (Å²) in [6, 6.07) is 13.0. The van der Waals surface area contributed by atoms with Gasteiger partial charge in [0.15, 0.2) is 0 Å². The second-order valence-electron chi connectivity index (χ2n) is 6.02. The number of carbonyl (C=O) groups excluding carboxylic acids is 2. The van der Waals surface area contributed by atoms with Gasteiger partial charge < -0.3 is 10.2 Å². The van der Waals surface area contributed by atoms with Gasteiger partial charge in [-0.2, -0.15) is 0 Å². The van der Waals surface area contributed by atoms with E-state index in [9.17, 15) is 19.5 Å². The number of carbonyl (C=O) groups is 3. The van der Waals surface area contributed by atoms with Gasteiger partial charge in [0, 0.05) is 17.2 Å². The number of amides is 2. The summed E-state index contributed by atoms with van der Waals surface area (Å²) >= 11 is 5.99. The molecule has 2 aromatic rings. The van der Waals surface area contributed by atoms with Gasteiger partial charge in [-0.3, -0.25) is 14.4 Å². The molecule has 2 N–H and O–H groups in total. The van der Waals surface area contributed by atoms with Crippen molar-refractivity contribution in [3.63, 3.8) is 0 Å². The molecule has 0 aliphatic carbocycles. The van der Waals surface area contributed by atoms with Crippen LogP contribution in [0.5, 0.6) is 0 Å². The lowest BCUT2D eigenvalue weighted by Crippen LogP contribution is -2.31. The minimum Gasteiger partial charge on any atom is -0.481 e. The highest BCUT2D eigenvalue weighted by Gasteiger charge is 2.40. The molecule has 0 bridgehead atoms. The zero-order valence-corrected chi connectivity index (χ0v) is 14.9. The maximum absolute atomic E-state index is 13.0. The number of aliphatic carboxylic acids is 1. The van der Waals surface area contributed by atoms with Crippen LogP contribution in [0, 0.1) is 0 Å². The molecular weight excluding hydrogens is 370 g/mol. The van der Waals surface area contributed by atoms with Crippen LogP contribution in [0.4, 0.5) is 5.69 Å². The van der Waals surface area contributed by atoms with Crippen molar-refractivity contribution in [2.45, 2.75) is 12.8 Å². The molecule has 0 spiro atoms. The Hall–Kier alpha value is -2.96. The van der Waals surface area contributed by atoms with Gasteiger partial charge >= 0.3 is 5.97 Å². The molecule has 1 aliphatic rings. The molecule has 1 aliphatic heterocycles. The number of aliphatic hydroxyl groups excluding tert-OH is 1. The highest BCUT2D eigenvalue weighted by Crippen LogP contribution is 2.35. The van der Waals surface area contributed by atoms with E-state index in [0.29, 0.717) is 22.7 Å². The molecule has 2 amide bonds. The van der Waals surface area contributed by atoms with Crippen molar-refractivity contribution in [3.05, 3.63) is 70.3 Å². The average molecular weight is 386 g/mol. The number of carboxylic acid groups (broad SMARTS) is 1. The van der Waals surface area contributed by atoms with Crippen LogP contribution < -0.4 is 4.90 Å². The van der Waals surface area contributed by atoms with Gasteiger partial charge in [0.1, 0.15) is 0 Å². The lowest BCUT2D eigenvalue weighted by Gasteiger charge is -2.16. The first-order valence-electron chi connectivity index (χ1n) is 8.22. The standard InChI is InChI=1S/C20H16ClNO5/c21-14-3-1-2-13(10-14)18-16(11-17(24)25)19(26)22(20(18)27)15-6-4-12(5-7-15)8-9-23/h1-7,10,23H,8-9,11H2,(H,24,25). The summed E-state index contributed by atoms with van der Waals surface area (Å²) in [5, 5.41) is 18.6. The summed E-state index contributed by atoms with van der Waals surface area (Å²) in [6.07, 6.45) is -0.107. The van der Waals surface area contributed by atoms with E-state index < -0.39 is 24.2 Å². The van der Waals surface area contributed by atoms with Crippen molar-refractivity contribution < 1.29 is 24.6 Å². The second kappa shape index (κ2) is 7.73. The first kappa shape index (κ1) is 18.8. The van der Waals surface area contributed by atoms with Crippen molar-refractivity contribution in [1.29, 1.82) is 0 Å². The van der Waals surface area contributed by atoms with Gasteiger partial charge in [-0.25, -0.2) is 4.90 Å². The molecule has 27 heavy (non-hydrogen) atoms. The quantitative estimate of drug-likeness (QED) is 0.745. The maximum Gasteiger partial charge on any atom is 0.308 e. The Morgan fingerprint density at radius 3 is 2.33 bits per heavy atom. The van der Waals surface area contributed by atoms with Crippen LogP contribution in [-0.2, 0) is 20.8 Å². The third-order valence-corrected chi connectivity index (χ3v) is 4.45. The number of anilines is 1. The number of halogens is 1. The second-order valence-corrected chi connectivity index (χ2v) is 6.46. The summed E-state index contributed by atoms with van der Waals surface area (Å²) < 4.78 is 0. The Labute approximate surface area is 160 Å². The van der Waals surface area contributed by atoms with Crippen molar-refractivity contribution in [1.82, 2.24) is 0 Å². The number of aliphatic hydroxyl groups is 1. The topological polar surface area (TPSA) is 94.9 Å². The first-order chi connectivity index (χ1) is 12.9. The van der Waals surface area contributed by atoms with Crippen LogP contribution in [-0.4, -0.2) is 34.6 Å². The van der Waals surface area contributed by atoms with Crippen LogP contribution in [0.3, 0.4) is 0 Å². The fraction of sp³-hybridized carbons (Fsp3) is 0.150.